The quantitative estimate of drug-likeness (QED) is 0.526. The van der Waals surface area contributed by atoms with Crippen LogP contribution in [0.5, 0.6) is 5.75 Å². The van der Waals surface area contributed by atoms with Gasteiger partial charge in [-0.1, -0.05) is 44.9 Å². The maximum atomic E-state index is 5.94. The maximum Gasteiger partial charge on any atom is 0.124 e. The van der Waals surface area contributed by atoms with E-state index in [1.54, 1.807) is 0 Å². The Labute approximate surface area is 123 Å². The molecule has 1 aromatic carbocycles. The van der Waals surface area contributed by atoms with Crippen molar-refractivity contribution in [2.24, 2.45) is 11.8 Å². The van der Waals surface area contributed by atoms with Gasteiger partial charge in [0.15, 0.2) is 0 Å². The predicted octanol–water partition coefficient (Wildman–Crippen LogP) is 4.19. The fraction of sp³-hybridized carbons (Fsp3) is 0.647. The lowest BCUT2D eigenvalue weighted by Crippen LogP contribution is -2.34. The third-order valence-electron chi connectivity index (χ3n) is 3.59. The van der Waals surface area contributed by atoms with Crippen LogP contribution in [-0.4, -0.2) is 6.10 Å². The number of hydrogen-bond acceptors (Lipinski definition) is 3. The van der Waals surface area contributed by atoms with Crippen molar-refractivity contribution in [3.8, 4) is 5.75 Å². The summed E-state index contributed by atoms with van der Waals surface area (Å²) in [4.78, 5) is 0. The van der Waals surface area contributed by atoms with Crippen molar-refractivity contribution in [1.29, 1.82) is 0 Å². The standard InChI is InChI=1S/C17H30N2O/c1-5-9-14(10-6-2)17(19-18)15-11-7-8-12-16(15)20-13(3)4/h7-8,11-14,17,19H,5-6,9-10,18H2,1-4H3. The lowest BCUT2D eigenvalue weighted by Gasteiger charge is -2.28. The summed E-state index contributed by atoms with van der Waals surface area (Å²) in [5.41, 5.74) is 4.20. The van der Waals surface area contributed by atoms with Crippen molar-refractivity contribution in [2.45, 2.75) is 65.5 Å². The first-order chi connectivity index (χ1) is 9.63. The molecule has 3 heteroatoms. The summed E-state index contributed by atoms with van der Waals surface area (Å²) in [5.74, 6) is 7.36. The van der Waals surface area contributed by atoms with E-state index in [2.05, 4.69) is 45.3 Å². The molecule has 114 valence electrons. The minimum atomic E-state index is 0.157. The van der Waals surface area contributed by atoms with E-state index in [9.17, 15) is 0 Å². The number of para-hydroxylation sites is 1. The molecule has 1 atom stereocenters. The van der Waals surface area contributed by atoms with Gasteiger partial charge in [-0.3, -0.25) is 11.3 Å². The third-order valence-corrected chi connectivity index (χ3v) is 3.59. The molecule has 0 radical (unpaired) electrons. The van der Waals surface area contributed by atoms with Gasteiger partial charge >= 0.3 is 0 Å². The molecule has 3 nitrogen and oxygen atoms in total. The maximum absolute atomic E-state index is 5.94. The van der Waals surface area contributed by atoms with Gasteiger partial charge in [-0.2, -0.15) is 0 Å². The number of nitrogens with one attached hydrogen (secondary N) is 1. The Morgan fingerprint density at radius 3 is 2.20 bits per heavy atom. The molecule has 0 heterocycles. The molecular formula is C17H30N2O. The molecule has 3 N–H and O–H groups in total. The Hall–Kier alpha value is -1.06. The normalized spacial score (nSPS) is 12.9. The Balaban J connectivity index is 3.03. The van der Waals surface area contributed by atoms with Crippen LogP contribution in [0.25, 0.3) is 0 Å². The Morgan fingerprint density at radius 1 is 1.10 bits per heavy atom. The Kier molecular flexibility index (Phi) is 7.63. The molecule has 0 saturated heterocycles. The summed E-state index contributed by atoms with van der Waals surface area (Å²) < 4.78 is 5.94. The van der Waals surface area contributed by atoms with E-state index >= 15 is 0 Å². The molecule has 0 spiro atoms. The molecule has 1 rings (SSSR count). The van der Waals surface area contributed by atoms with Crippen LogP contribution in [0.3, 0.4) is 0 Å². The summed E-state index contributed by atoms with van der Waals surface area (Å²) >= 11 is 0. The highest BCUT2D eigenvalue weighted by molar-refractivity contribution is 5.36. The lowest BCUT2D eigenvalue weighted by atomic mass is 9.86. The van der Waals surface area contributed by atoms with E-state index < -0.39 is 0 Å². The number of hydrogen-bond donors (Lipinski definition) is 2. The highest BCUT2D eigenvalue weighted by atomic mass is 16.5. The molecule has 0 bridgehead atoms. The van der Waals surface area contributed by atoms with Crippen molar-refractivity contribution in [2.75, 3.05) is 0 Å². The molecule has 0 saturated carbocycles. The highest BCUT2D eigenvalue weighted by Crippen LogP contribution is 2.34. The smallest absolute Gasteiger partial charge is 0.124 e. The number of benzene rings is 1. The Bertz CT molecular complexity index is 373. The third kappa shape index (κ3) is 4.80. The number of hydrazine groups is 1. The van der Waals surface area contributed by atoms with Gasteiger partial charge in [0.05, 0.1) is 12.1 Å². The molecule has 1 unspecified atom stereocenters. The van der Waals surface area contributed by atoms with Crippen molar-refractivity contribution in [1.82, 2.24) is 5.43 Å². The molecule has 0 aliphatic carbocycles. The van der Waals surface area contributed by atoms with Crippen molar-refractivity contribution in [3.63, 3.8) is 0 Å². The minimum absolute atomic E-state index is 0.157. The molecular weight excluding hydrogens is 248 g/mol. The van der Waals surface area contributed by atoms with E-state index in [4.69, 9.17) is 10.6 Å². The topological polar surface area (TPSA) is 47.3 Å². The van der Waals surface area contributed by atoms with Gasteiger partial charge in [0, 0.05) is 5.56 Å². The predicted molar refractivity (Wildman–Crippen MR) is 85.6 cm³/mol. The van der Waals surface area contributed by atoms with Gasteiger partial charge in [0.25, 0.3) is 0 Å². The zero-order valence-corrected chi connectivity index (χ0v) is 13.4. The van der Waals surface area contributed by atoms with Crippen LogP contribution in [0.1, 0.15) is 65.0 Å². The number of nitrogens with two attached hydrogens (primary N) is 1. The molecule has 0 aromatic heterocycles. The van der Waals surface area contributed by atoms with Crippen LogP contribution >= 0.6 is 0 Å². The minimum Gasteiger partial charge on any atom is -0.491 e. The molecule has 0 amide bonds. The van der Waals surface area contributed by atoms with Crippen molar-refractivity contribution in [3.05, 3.63) is 29.8 Å². The van der Waals surface area contributed by atoms with Crippen molar-refractivity contribution < 1.29 is 4.74 Å². The second-order valence-electron chi connectivity index (χ2n) is 5.69. The zero-order chi connectivity index (χ0) is 15.0. The average molecular weight is 278 g/mol. The molecule has 20 heavy (non-hydrogen) atoms. The van der Waals surface area contributed by atoms with E-state index in [1.807, 2.05) is 12.1 Å². The summed E-state index contributed by atoms with van der Waals surface area (Å²) in [5, 5.41) is 0. The van der Waals surface area contributed by atoms with Gasteiger partial charge in [0.2, 0.25) is 0 Å². The summed E-state index contributed by atoms with van der Waals surface area (Å²) in [6.07, 6.45) is 4.88. The van der Waals surface area contributed by atoms with E-state index in [0.29, 0.717) is 5.92 Å². The first kappa shape index (κ1) is 17.0. The highest BCUT2D eigenvalue weighted by Gasteiger charge is 2.23. The van der Waals surface area contributed by atoms with E-state index in [0.717, 1.165) is 5.75 Å². The second kappa shape index (κ2) is 8.98. The largest absolute Gasteiger partial charge is 0.491 e. The number of ether oxygens (including phenoxy) is 1. The van der Waals surface area contributed by atoms with Gasteiger partial charge in [-0.25, -0.2) is 0 Å². The van der Waals surface area contributed by atoms with Crippen LogP contribution in [0.4, 0.5) is 0 Å². The SMILES string of the molecule is CCCC(CCC)C(NN)c1ccccc1OC(C)C. The molecule has 0 aliphatic rings. The van der Waals surface area contributed by atoms with Gasteiger partial charge < -0.3 is 4.74 Å². The molecule has 0 aliphatic heterocycles. The average Bonchev–Trinajstić information content (AvgIpc) is 2.41. The van der Waals surface area contributed by atoms with Crippen molar-refractivity contribution >= 4 is 0 Å². The molecule has 1 aromatic rings. The van der Waals surface area contributed by atoms with Crippen LogP contribution in [0.2, 0.25) is 0 Å². The first-order valence-corrected chi connectivity index (χ1v) is 7.85. The lowest BCUT2D eigenvalue weighted by molar-refractivity contribution is 0.231. The van der Waals surface area contributed by atoms with Crippen LogP contribution < -0.4 is 16.0 Å². The fourth-order valence-electron chi connectivity index (χ4n) is 2.80. The van der Waals surface area contributed by atoms with Gasteiger partial charge in [0.1, 0.15) is 5.75 Å². The van der Waals surface area contributed by atoms with E-state index in [-0.39, 0.29) is 12.1 Å². The monoisotopic (exact) mass is 278 g/mol. The zero-order valence-electron chi connectivity index (χ0n) is 13.4. The van der Waals surface area contributed by atoms with Crippen LogP contribution in [0.15, 0.2) is 24.3 Å². The summed E-state index contributed by atoms with van der Waals surface area (Å²) in [6, 6.07) is 8.39. The first-order valence-electron chi connectivity index (χ1n) is 7.85. The fourth-order valence-corrected chi connectivity index (χ4v) is 2.80. The summed E-state index contributed by atoms with van der Waals surface area (Å²) in [7, 11) is 0. The van der Waals surface area contributed by atoms with Gasteiger partial charge in [-0.15, -0.1) is 0 Å². The summed E-state index contributed by atoms with van der Waals surface area (Å²) in [6.45, 7) is 8.56. The van der Waals surface area contributed by atoms with E-state index in [1.165, 1.54) is 31.2 Å². The Morgan fingerprint density at radius 2 is 1.70 bits per heavy atom. The second-order valence-corrected chi connectivity index (χ2v) is 5.69. The van der Waals surface area contributed by atoms with Crippen LogP contribution in [-0.2, 0) is 0 Å². The van der Waals surface area contributed by atoms with Gasteiger partial charge in [-0.05, 0) is 38.7 Å². The van der Waals surface area contributed by atoms with Crippen LogP contribution in [0, 0.1) is 5.92 Å². The molecule has 0 fully saturated rings. The number of rotatable bonds is 9.